The van der Waals surface area contributed by atoms with E-state index >= 15 is 0 Å². The summed E-state index contributed by atoms with van der Waals surface area (Å²) < 4.78 is 0. The van der Waals surface area contributed by atoms with Gasteiger partial charge in [-0.3, -0.25) is 9.59 Å². The molecule has 1 heterocycles. The number of hydrogen-bond donors (Lipinski definition) is 2. The zero-order chi connectivity index (χ0) is 15.7. The summed E-state index contributed by atoms with van der Waals surface area (Å²) in [6.07, 6.45) is 3.03. The maximum Gasteiger partial charge on any atom is 0.303 e. The normalized spacial score (nSPS) is 12.3. The Kier molecular flexibility index (Phi) is 8.05. The third kappa shape index (κ3) is 7.85. The lowest BCUT2D eigenvalue weighted by Gasteiger charge is -2.20. The fourth-order valence-corrected chi connectivity index (χ4v) is 3.01. The van der Waals surface area contributed by atoms with Crippen molar-refractivity contribution >= 4 is 23.2 Å². The van der Waals surface area contributed by atoms with Crippen LogP contribution >= 0.6 is 11.3 Å². The van der Waals surface area contributed by atoms with Gasteiger partial charge in [0.2, 0.25) is 5.91 Å². The molecule has 1 aromatic rings. The first kappa shape index (κ1) is 17.7. The number of amides is 1. The first-order chi connectivity index (χ1) is 9.99. The first-order valence-electron chi connectivity index (χ1n) is 7.50. The van der Waals surface area contributed by atoms with E-state index in [-0.39, 0.29) is 12.3 Å². The molecular weight excluding hydrogens is 286 g/mol. The van der Waals surface area contributed by atoms with Crippen molar-refractivity contribution in [2.45, 2.75) is 46.0 Å². The van der Waals surface area contributed by atoms with Crippen LogP contribution < -0.4 is 5.32 Å². The highest BCUT2D eigenvalue weighted by molar-refractivity contribution is 7.09. The number of aryl methyl sites for hydroxylation is 1. The smallest absolute Gasteiger partial charge is 0.303 e. The molecule has 0 aliphatic carbocycles. The summed E-state index contributed by atoms with van der Waals surface area (Å²) in [6, 6.07) is 4.03. The predicted octanol–water partition coefficient (Wildman–Crippen LogP) is 3.32. The molecule has 21 heavy (non-hydrogen) atoms. The third-order valence-electron chi connectivity index (χ3n) is 3.69. The monoisotopic (exact) mass is 311 g/mol. The quantitative estimate of drug-likeness (QED) is 0.696. The van der Waals surface area contributed by atoms with Crippen molar-refractivity contribution in [3.63, 3.8) is 0 Å². The van der Waals surface area contributed by atoms with Gasteiger partial charge in [0.05, 0.1) is 0 Å². The molecule has 1 aromatic heterocycles. The Hall–Kier alpha value is -1.36. The molecular formula is C16H25NO3S. The van der Waals surface area contributed by atoms with Crippen LogP contribution in [0.2, 0.25) is 0 Å². The van der Waals surface area contributed by atoms with Gasteiger partial charge in [-0.1, -0.05) is 19.9 Å². The number of carboxylic acid groups (broad SMARTS) is 1. The van der Waals surface area contributed by atoms with Crippen LogP contribution in [0.5, 0.6) is 0 Å². The molecule has 118 valence electrons. The second kappa shape index (κ2) is 9.55. The molecule has 4 nitrogen and oxygen atoms in total. The van der Waals surface area contributed by atoms with Gasteiger partial charge in [0, 0.05) is 24.3 Å². The number of nitrogens with one attached hydrogen (secondary N) is 1. The fraction of sp³-hybridized carbons (Fsp3) is 0.625. The molecule has 0 radical (unpaired) electrons. The molecule has 0 spiro atoms. The lowest BCUT2D eigenvalue weighted by molar-refractivity contribution is -0.137. The molecule has 0 saturated carbocycles. The van der Waals surface area contributed by atoms with E-state index < -0.39 is 5.97 Å². The van der Waals surface area contributed by atoms with E-state index in [0.717, 1.165) is 12.8 Å². The molecule has 0 fully saturated rings. The van der Waals surface area contributed by atoms with Crippen molar-refractivity contribution in [3.05, 3.63) is 22.4 Å². The molecule has 0 aliphatic rings. The van der Waals surface area contributed by atoms with Crippen molar-refractivity contribution in [1.82, 2.24) is 5.32 Å². The van der Waals surface area contributed by atoms with Gasteiger partial charge in [-0.25, -0.2) is 0 Å². The highest BCUT2D eigenvalue weighted by Gasteiger charge is 2.15. The van der Waals surface area contributed by atoms with Gasteiger partial charge in [0.25, 0.3) is 0 Å². The van der Waals surface area contributed by atoms with E-state index in [1.807, 2.05) is 17.5 Å². The van der Waals surface area contributed by atoms with Gasteiger partial charge in [-0.05, 0) is 42.5 Å². The highest BCUT2D eigenvalue weighted by Crippen LogP contribution is 2.20. The summed E-state index contributed by atoms with van der Waals surface area (Å²) in [5, 5.41) is 13.7. The Balaban J connectivity index is 2.20. The fourth-order valence-electron chi connectivity index (χ4n) is 2.30. The molecule has 0 aliphatic heterocycles. The summed E-state index contributed by atoms with van der Waals surface area (Å²) in [7, 11) is 0. The molecule has 0 aromatic carbocycles. The number of carbonyl (C=O) groups excluding carboxylic acids is 1. The van der Waals surface area contributed by atoms with Crippen molar-refractivity contribution < 1.29 is 14.7 Å². The van der Waals surface area contributed by atoms with Crippen LogP contribution in [0.25, 0.3) is 0 Å². The second-order valence-corrected chi connectivity index (χ2v) is 6.69. The Morgan fingerprint density at radius 2 is 2.05 bits per heavy atom. The molecule has 0 saturated heterocycles. The zero-order valence-corrected chi connectivity index (χ0v) is 13.6. The van der Waals surface area contributed by atoms with Gasteiger partial charge in [-0.15, -0.1) is 11.3 Å². The number of carboxylic acids is 1. The van der Waals surface area contributed by atoms with Crippen molar-refractivity contribution in [2.75, 3.05) is 6.54 Å². The van der Waals surface area contributed by atoms with Gasteiger partial charge >= 0.3 is 5.97 Å². The number of carbonyl (C=O) groups is 2. The van der Waals surface area contributed by atoms with Crippen molar-refractivity contribution in [1.29, 1.82) is 0 Å². The topological polar surface area (TPSA) is 66.4 Å². The average molecular weight is 311 g/mol. The Bertz CT molecular complexity index is 429. The first-order valence-corrected chi connectivity index (χ1v) is 8.38. The van der Waals surface area contributed by atoms with Crippen LogP contribution in [0.3, 0.4) is 0 Å². The van der Waals surface area contributed by atoms with E-state index in [0.29, 0.717) is 31.2 Å². The highest BCUT2D eigenvalue weighted by atomic mass is 32.1. The maximum atomic E-state index is 11.8. The van der Waals surface area contributed by atoms with Crippen molar-refractivity contribution in [3.8, 4) is 0 Å². The average Bonchev–Trinajstić information content (AvgIpc) is 2.92. The number of rotatable bonds is 10. The van der Waals surface area contributed by atoms with E-state index in [1.54, 1.807) is 11.3 Å². The predicted molar refractivity (Wildman–Crippen MR) is 85.5 cm³/mol. The molecule has 1 unspecified atom stereocenters. The van der Waals surface area contributed by atoms with E-state index in [2.05, 4.69) is 19.2 Å². The lowest BCUT2D eigenvalue weighted by atomic mass is 9.88. The van der Waals surface area contributed by atoms with Gasteiger partial charge in [0.15, 0.2) is 0 Å². The van der Waals surface area contributed by atoms with Gasteiger partial charge in [-0.2, -0.15) is 0 Å². The molecule has 0 bridgehead atoms. The van der Waals surface area contributed by atoms with Crippen LogP contribution in [-0.2, 0) is 16.0 Å². The minimum absolute atomic E-state index is 0.0733. The summed E-state index contributed by atoms with van der Waals surface area (Å²) in [5.74, 6) is 0.107. The number of aliphatic carboxylic acids is 1. The lowest BCUT2D eigenvalue weighted by Crippen LogP contribution is -2.27. The van der Waals surface area contributed by atoms with E-state index in [1.165, 1.54) is 4.88 Å². The minimum atomic E-state index is -0.749. The van der Waals surface area contributed by atoms with E-state index in [9.17, 15) is 9.59 Å². The van der Waals surface area contributed by atoms with Crippen molar-refractivity contribution in [2.24, 2.45) is 11.8 Å². The van der Waals surface area contributed by atoms with Crippen LogP contribution in [0.4, 0.5) is 0 Å². The van der Waals surface area contributed by atoms with Crippen LogP contribution in [0, 0.1) is 11.8 Å². The molecule has 1 amide bonds. The van der Waals surface area contributed by atoms with Crippen LogP contribution in [-0.4, -0.2) is 23.5 Å². The summed E-state index contributed by atoms with van der Waals surface area (Å²) >= 11 is 1.67. The SMILES string of the molecule is CC(C)C(CCNC(=O)CCc1cccs1)CCC(=O)O. The van der Waals surface area contributed by atoms with Gasteiger partial charge in [0.1, 0.15) is 0 Å². The largest absolute Gasteiger partial charge is 0.481 e. The molecule has 1 rings (SSSR count). The minimum Gasteiger partial charge on any atom is -0.481 e. The Labute approximate surface area is 130 Å². The standard InChI is InChI=1S/C16H25NO3S/c1-12(2)13(5-8-16(19)20)9-10-17-15(18)7-6-14-4-3-11-21-14/h3-4,11-13H,5-10H2,1-2H3,(H,17,18)(H,19,20). The third-order valence-corrected chi connectivity index (χ3v) is 4.62. The summed E-state index contributed by atoms with van der Waals surface area (Å²) in [5.41, 5.74) is 0. The molecule has 5 heteroatoms. The summed E-state index contributed by atoms with van der Waals surface area (Å²) in [4.78, 5) is 23.6. The zero-order valence-electron chi connectivity index (χ0n) is 12.8. The Morgan fingerprint density at radius 1 is 1.29 bits per heavy atom. The number of thiophene rings is 1. The Morgan fingerprint density at radius 3 is 2.62 bits per heavy atom. The molecule has 2 N–H and O–H groups in total. The number of hydrogen-bond acceptors (Lipinski definition) is 3. The van der Waals surface area contributed by atoms with Crippen LogP contribution in [0.15, 0.2) is 17.5 Å². The second-order valence-electron chi connectivity index (χ2n) is 5.65. The van der Waals surface area contributed by atoms with E-state index in [4.69, 9.17) is 5.11 Å². The van der Waals surface area contributed by atoms with Gasteiger partial charge < -0.3 is 10.4 Å². The van der Waals surface area contributed by atoms with Crippen LogP contribution in [0.1, 0.15) is 44.4 Å². The summed E-state index contributed by atoms with van der Waals surface area (Å²) in [6.45, 7) is 4.84. The maximum absolute atomic E-state index is 11.8. The molecule has 1 atom stereocenters.